The molecule has 0 saturated heterocycles. The van der Waals surface area contributed by atoms with Crippen LogP contribution in [0.2, 0.25) is 5.02 Å². The maximum Gasteiger partial charge on any atom is 0.158 e. The molecule has 6 heteroatoms. The Labute approximate surface area is 163 Å². The topological polar surface area (TPSA) is 34.1 Å². The van der Waals surface area contributed by atoms with E-state index in [-0.39, 0.29) is 6.04 Å². The van der Waals surface area contributed by atoms with Crippen molar-refractivity contribution in [3.05, 3.63) is 83.2 Å². The van der Waals surface area contributed by atoms with Crippen molar-refractivity contribution in [3.8, 4) is 0 Å². The van der Waals surface area contributed by atoms with Crippen molar-refractivity contribution in [3.63, 3.8) is 0 Å². The van der Waals surface area contributed by atoms with E-state index in [1.807, 2.05) is 42.7 Å². The van der Waals surface area contributed by atoms with Crippen molar-refractivity contribution in [1.29, 1.82) is 0 Å². The number of hydrogen-bond acceptors (Lipinski definition) is 5. The molecule has 1 heterocycles. The Hall–Kier alpha value is -2.11. The highest BCUT2D eigenvalue weighted by atomic mass is 35.5. The lowest BCUT2D eigenvalue weighted by Crippen LogP contribution is -2.33. The number of halogens is 1. The monoisotopic (exact) mass is 388 g/mol. The summed E-state index contributed by atoms with van der Waals surface area (Å²) < 4.78 is 10.8. The fourth-order valence-corrected chi connectivity index (χ4v) is 3.84. The first-order valence-electron chi connectivity index (χ1n) is 8.22. The van der Waals surface area contributed by atoms with Crippen molar-refractivity contribution in [1.82, 2.24) is 4.90 Å². The van der Waals surface area contributed by atoms with Crippen molar-refractivity contribution in [2.75, 3.05) is 14.2 Å². The molecule has 0 aromatic heterocycles. The summed E-state index contributed by atoms with van der Waals surface area (Å²) in [6, 6.07) is 7.98. The Kier molecular flexibility index (Phi) is 6.12. The number of benzene rings is 1. The summed E-state index contributed by atoms with van der Waals surface area (Å²) in [6.07, 6.45) is 8.68. The lowest BCUT2D eigenvalue weighted by atomic mass is 10.0. The molecule has 1 unspecified atom stereocenters. The Morgan fingerprint density at radius 2 is 1.96 bits per heavy atom. The van der Waals surface area contributed by atoms with Crippen LogP contribution in [0.5, 0.6) is 0 Å². The third-order valence-corrected chi connectivity index (χ3v) is 5.54. The minimum Gasteiger partial charge on any atom is -0.493 e. The van der Waals surface area contributed by atoms with Crippen LogP contribution in [0.3, 0.4) is 0 Å². The number of hydrogen-bond donors (Lipinski definition) is 0. The molecule has 0 radical (unpaired) electrons. The third kappa shape index (κ3) is 4.17. The molecular weight excluding hydrogens is 368 g/mol. The van der Waals surface area contributed by atoms with Gasteiger partial charge in [0.15, 0.2) is 11.5 Å². The predicted molar refractivity (Wildman–Crippen MR) is 109 cm³/mol. The number of methoxy groups -OCH3 is 2. The number of aliphatic imine (C=N–C) groups is 1. The van der Waals surface area contributed by atoms with Gasteiger partial charge in [0.05, 0.1) is 26.0 Å². The number of thioether (sulfide) groups is 1. The zero-order valence-electron chi connectivity index (χ0n) is 14.8. The molecule has 136 valence electrons. The van der Waals surface area contributed by atoms with E-state index in [2.05, 4.69) is 22.5 Å². The van der Waals surface area contributed by atoms with E-state index < -0.39 is 0 Å². The Balaban J connectivity index is 1.67. The fraction of sp³-hybridized carbons (Fsp3) is 0.250. The van der Waals surface area contributed by atoms with Crippen molar-refractivity contribution in [2.45, 2.75) is 18.2 Å². The largest absolute Gasteiger partial charge is 0.493 e. The summed E-state index contributed by atoms with van der Waals surface area (Å²) in [6.45, 7) is 4.25. The highest BCUT2D eigenvalue weighted by Gasteiger charge is 2.25. The Morgan fingerprint density at radius 1 is 1.23 bits per heavy atom. The van der Waals surface area contributed by atoms with Crippen LogP contribution in [-0.2, 0) is 15.2 Å². The van der Waals surface area contributed by atoms with Gasteiger partial charge in [-0.25, -0.2) is 4.99 Å². The summed E-state index contributed by atoms with van der Waals surface area (Å²) in [7, 11) is 3.30. The second-order valence-electron chi connectivity index (χ2n) is 5.81. The zero-order chi connectivity index (χ0) is 18.5. The van der Waals surface area contributed by atoms with E-state index in [4.69, 9.17) is 21.1 Å². The summed E-state index contributed by atoms with van der Waals surface area (Å²) in [5, 5.41) is 1.66. The van der Waals surface area contributed by atoms with Crippen LogP contribution >= 0.6 is 23.4 Å². The summed E-state index contributed by atoms with van der Waals surface area (Å²) >= 11 is 7.61. The van der Waals surface area contributed by atoms with Crippen molar-refractivity contribution >= 4 is 28.4 Å². The first-order valence-corrected chi connectivity index (χ1v) is 9.58. The summed E-state index contributed by atoms with van der Waals surface area (Å²) in [4.78, 5) is 6.62. The van der Waals surface area contributed by atoms with E-state index in [0.29, 0.717) is 0 Å². The van der Waals surface area contributed by atoms with E-state index in [9.17, 15) is 0 Å². The molecule has 1 atom stereocenters. The molecule has 0 saturated carbocycles. The molecular formula is C20H21ClN2O2S. The lowest BCUT2D eigenvalue weighted by Gasteiger charge is -2.33. The third-order valence-electron chi connectivity index (χ3n) is 4.19. The smallest absolute Gasteiger partial charge is 0.158 e. The van der Waals surface area contributed by atoms with Gasteiger partial charge in [-0.05, 0) is 36.3 Å². The average molecular weight is 389 g/mol. The molecule has 1 aliphatic heterocycles. The van der Waals surface area contributed by atoms with Gasteiger partial charge in [-0.1, -0.05) is 42.1 Å². The molecule has 0 spiro atoms. The van der Waals surface area contributed by atoms with Crippen LogP contribution in [0.4, 0.5) is 0 Å². The van der Waals surface area contributed by atoms with Gasteiger partial charge in [0.25, 0.3) is 0 Å². The van der Waals surface area contributed by atoms with Crippen LogP contribution < -0.4 is 0 Å². The maximum absolute atomic E-state index is 5.94. The number of nitrogens with zero attached hydrogens (tertiary/aromatic N) is 2. The zero-order valence-corrected chi connectivity index (χ0v) is 16.4. The summed E-state index contributed by atoms with van der Waals surface area (Å²) in [5.41, 5.74) is 2.08. The quantitative estimate of drug-likeness (QED) is 0.702. The van der Waals surface area contributed by atoms with Gasteiger partial charge in [0.2, 0.25) is 0 Å². The van der Waals surface area contributed by atoms with Gasteiger partial charge in [0, 0.05) is 23.2 Å². The predicted octanol–water partition coefficient (Wildman–Crippen LogP) is 5.11. The minimum atomic E-state index is 0.120. The molecule has 0 N–H and O–H groups in total. The van der Waals surface area contributed by atoms with Crippen molar-refractivity contribution < 1.29 is 9.47 Å². The fourth-order valence-electron chi connectivity index (χ4n) is 2.81. The molecule has 0 fully saturated rings. The van der Waals surface area contributed by atoms with Gasteiger partial charge in [0.1, 0.15) is 5.04 Å². The lowest BCUT2D eigenvalue weighted by molar-refractivity contribution is 0.209. The normalized spacial score (nSPS) is 19.7. The van der Waals surface area contributed by atoms with E-state index >= 15 is 0 Å². The molecule has 1 aromatic rings. The Bertz CT molecular complexity index is 797. The second kappa shape index (κ2) is 8.52. The maximum atomic E-state index is 5.94. The van der Waals surface area contributed by atoms with E-state index in [1.165, 1.54) is 5.56 Å². The minimum absolute atomic E-state index is 0.120. The highest BCUT2D eigenvalue weighted by Crippen LogP contribution is 2.30. The van der Waals surface area contributed by atoms with E-state index in [1.54, 1.807) is 26.0 Å². The first kappa shape index (κ1) is 18.7. The van der Waals surface area contributed by atoms with Gasteiger partial charge in [-0.2, -0.15) is 0 Å². The number of ether oxygens (including phenoxy) is 2. The van der Waals surface area contributed by atoms with Crippen molar-refractivity contribution in [2.24, 2.45) is 4.99 Å². The highest BCUT2D eigenvalue weighted by molar-refractivity contribution is 8.13. The molecule has 4 nitrogen and oxygen atoms in total. The molecule has 2 aliphatic rings. The van der Waals surface area contributed by atoms with Gasteiger partial charge in [-0.3, -0.25) is 0 Å². The van der Waals surface area contributed by atoms with E-state index in [0.717, 1.165) is 39.5 Å². The molecule has 1 aliphatic carbocycles. The molecule has 0 amide bonds. The second-order valence-corrected chi connectivity index (χ2v) is 7.21. The van der Waals surface area contributed by atoms with Gasteiger partial charge in [-0.15, -0.1) is 0 Å². The van der Waals surface area contributed by atoms with Gasteiger partial charge < -0.3 is 14.4 Å². The van der Waals surface area contributed by atoms with Crippen LogP contribution in [-0.4, -0.2) is 30.2 Å². The van der Waals surface area contributed by atoms with Crippen LogP contribution in [0.15, 0.2) is 77.6 Å². The average Bonchev–Trinajstić information content (AvgIpc) is 2.68. The van der Waals surface area contributed by atoms with Crippen LogP contribution in [0, 0.1) is 0 Å². The summed E-state index contributed by atoms with van der Waals surface area (Å²) in [5.74, 6) is 2.32. The number of rotatable bonds is 5. The first-order chi connectivity index (χ1) is 12.6. The SMILES string of the molecule is C=C1C(SCc2ccc(Cl)cc2)=NC=CN1C1C=C(OC)C(OC)=CC1. The Morgan fingerprint density at radius 3 is 2.65 bits per heavy atom. The molecule has 0 bridgehead atoms. The molecule has 3 rings (SSSR count). The molecule has 1 aromatic carbocycles. The van der Waals surface area contributed by atoms with Crippen LogP contribution in [0.1, 0.15) is 12.0 Å². The standard InChI is InChI=1S/C20H21ClN2O2S/c1-14-20(26-13-15-4-6-16(21)7-5-15)22-10-11-23(14)17-8-9-18(24-2)19(12-17)25-3/h4-7,9-12,17H,1,8,13H2,2-3H3. The van der Waals surface area contributed by atoms with Gasteiger partial charge >= 0.3 is 0 Å². The molecule has 26 heavy (non-hydrogen) atoms. The van der Waals surface area contributed by atoms with Crippen LogP contribution in [0.25, 0.3) is 0 Å².